The van der Waals surface area contributed by atoms with E-state index in [-0.39, 0.29) is 21.7 Å². The van der Waals surface area contributed by atoms with Crippen LogP contribution in [0.1, 0.15) is 18.9 Å². The minimum atomic E-state index is -0.652. The van der Waals surface area contributed by atoms with Crippen molar-refractivity contribution in [2.24, 2.45) is 0 Å². The molecule has 0 saturated heterocycles. The van der Waals surface area contributed by atoms with Crippen LogP contribution in [-0.4, -0.2) is 0 Å². The summed E-state index contributed by atoms with van der Waals surface area (Å²) in [6.45, 7) is 2.00. The second kappa shape index (κ2) is 6.91. The molecule has 0 aliphatic heterocycles. The molecule has 14 heavy (non-hydrogen) atoms. The standard InChI is InChI=1S/C11H11F2.Ti/c1-2-3-4-5-9-6-7-10(12)8-11(9)13;/h3-4,6-7H,2,5H2,1H3;/q-1;. The van der Waals surface area contributed by atoms with Gasteiger partial charge in [0.25, 0.3) is 0 Å². The maximum absolute atomic E-state index is 12.9. The molecule has 3 heteroatoms. The van der Waals surface area contributed by atoms with Crippen molar-refractivity contribution in [3.63, 3.8) is 0 Å². The van der Waals surface area contributed by atoms with Gasteiger partial charge in [0, 0.05) is 33.4 Å². The van der Waals surface area contributed by atoms with Gasteiger partial charge in [0.2, 0.25) is 0 Å². The molecular formula is C11H11F2Ti-. The molecule has 1 aromatic rings. The number of rotatable bonds is 3. The molecule has 0 aromatic heterocycles. The van der Waals surface area contributed by atoms with Gasteiger partial charge < -0.3 is 0 Å². The third-order valence-corrected chi connectivity index (χ3v) is 1.68. The third kappa shape index (κ3) is 4.16. The van der Waals surface area contributed by atoms with Gasteiger partial charge in [-0.1, -0.05) is 25.5 Å². The number of hydrogen-bond donors (Lipinski definition) is 0. The first-order valence-corrected chi connectivity index (χ1v) is 4.25. The molecular weight excluding hydrogens is 218 g/mol. The van der Waals surface area contributed by atoms with Crippen LogP contribution in [0.15, 0.2) is 24.3 Å². The molecule has 0 aliphatic carbocycles. The Morgan fingerprint density at radius 3 is 2.57 bits per heavy atom. The van der Waals surface area contributed by atoms with Crippen molar-refractivity contribution in [3.8, 4) is 0 Å². The zero-order valence-corrected chi connectivity index (χ0v) is 9.54. The Bertz CT molecular complexity index is 308. The van der Waals surface area contributed by atoms with Gasteiger partial charge in [-0.2, -0.15) is 6.07 Å². The zero-order valence-electron chi connectivity index (χ0n) is 7.98. The molecule has 0 fully saturated rings. The van der Waals surface area contributed by atoms with Crippen molar-refractivity contribution in [2.75, 3.05) is 0 Å². The fraction of sp³-hybridized carbons (Fsp3) is 0.273. The number of hydrogen-bond acceptors (Lipinski definition) is 0. The summed E-state index contributed by atoms with van der Waals surface area (Å²) in [6.07, 6.45) is 5.23. The Hall–Kier alpha value is -0.466. The second-order valence-corrected chi connectivity index (χ2v) is 2.73. The molecule has 0 radical (unpaired) electrons. The van der Waals surface area contributed by atoms with Gasteiger partial charge >= 0.3 is 0 Å². The maximum Gasteiger partial charge on any atom is 0.0171 e. The van der Waals surface area contributed by atoms with Crippen molar-refractivity contribution in [1.29, 1.82) is 0 Å². The van der Waals surface area contributed by atoms with Crippen LogP contribution in [0.2, 0.25) is 0 Å². The van der Waals surface area contributed by atoms with Crippen LogP contribution in [0, 0.1) is 17.7 Å². The van der Waals surface area contributed by atoms with E-state index >= 15 is 0 Å². The van der Waals surface area contributed by atoms with E-state index in [0.29, 0.717) is 12.0 Å². The number of allylic oxidation sites excluding steroid dienone is 2. The molecule has 0 bridgehead atoms. The Morgan fingerprint density at radius 2 is 2.00 bits per heavy atom. The van der Waals surface area contributed by atoms with Gasteiger partial charge in [-0.05, 0) is 6.42 Å². The van der Waals surface area contributed by atoms with Gasteiger partial charge in [-0.3, -0.25) is 0 Å². The fourth-order valence-electron chi connectivity index (χ4n) is 1.01. The molecule has 0 aliphatic rings. The normalized spacial score (nSPS) is 10.2. The third-order valence-electron chi connectivity index (χ3n) is 1.68. The minimum absolute atomic E-state index is 0. The van der Waals surface area contributed by atoms with E-state index in [0.717, 1.165) is 6.42 Å². The number of benzene rings is 1. The van der Waals surface area contributed by atoms with Crippen LogP contribution in [0.3, 0.4) is 0 Å². The molecule has 0 saturated carbocycles. The molecule has 0 heterocycles. The van der Waals surface area contributed by atoms with E-state index in [9.17, 15) is 8.78 Å². The Kier molecular flexibility index (Phi) is 6.68. The molecule has 0 atom stereocenters. The van der Waals surface area contributed by atoms with Gasteiger partial charge in [-0.15, -0.1) is 17.7 Å². The van der Waals surface area contributed by atoms with Gasteiger partial charge in [0.15, 0.2) is 0 Å². The predicted octanol–water partition coefficient (Wildman–Crippen LogP) is 3.27. The average molecular weight is 229 g/mol. The van der Waals surface area contributed by atoms with Crippen LogP contribution < -0.4 is 0 Å². The van der Waals surface area contributed by atoms with Crippen LogP contribution in [-0.2, 0) is 28.1 Å². The Balaban J connectivity index is 0.00000169. The Labute approximate surface area is 97.9 Å². The van der Waals surface area contributed by atoms with E-state index in [1.54, 1.807) is 0 Å². The molecule has 1 aromatic carbocycles. The average Bonchev–Trinajstić information content (AvgIpc) is 2.09. The van der Waals surface area contributed by atoms with Crippen LogP contribution in [0.5, 0.6) is 0 Å². The summed E-state index contributed by atoms with van der Waals surface area (Å²) in [5.74, 6) is -1.25. The largest absolute Gasteiger partial charge is 0.236 e. The summed E-state index contributed by atoms with van der Waals surface area (Å²) < 4.78 is 25.4. The van der Waals surface area contributed by atoms with Crippen LogP contribution in [0.25, 0.3) is 0 Å². The SMILES string of the molecule is CCC=CCc1ccc(F)[c-]c1F.[Ti]. The molecule has 0 nitrogen and oxygen atoms in total. The molecule has 74 valence electrons. The molecule has 0 spiro atoms. The van der Waals surface area contributed by atoms with Gasteiger partial charge in [0.05, 0.1) is 0 Å². The minimum Gasteiger partial charge on any atom is -0.236 e. The smallest absolute Gasteiger partial charge is 0.0171 e. The van der Waals surface area contributed by atoms with Gasteiger partial charge in [0.1, 0.15) is 0 Å². The van der Waals surface area contributed by atoms with Gasteiger partial charge in [-0.25, -0.2) is 8.78 Å². The van der Waals surface area contributed by atoms with E-state index in [4.69, 9.17) is 0 Å². The zero-order chi connectivity index (χ0) is 9.68. The summed E-state index contributed by atoms with van der Waals surface area (Å²) in [4.78, 5) is 0. The first-order valence-electron chi connectivity index (χ1n) is 4.25. The van der Waals surface area contributed by atoms with E-state index in [1.165, 1.54) is 12.1 Å². The first-order chi connectivity index (χ1) is 6.24. The van der Waals surface area contributed by atoms with Crippen molar-refractivity contribution in [3.05, 3.63) is 47.5 Å². The molecule has 0 N–H and O–H groups in total. The second-order valence-electron chi connectivity index (χ2n) is 2.73. The van der Waals surface area contributed by atoms with E-state index in [2.05, 4.69) is 0 Å². The topological polar surface area (TPSA) is 0 Å². The van der Waals surface area contributed by atoms with Crippen molar-refractivity contribution >= 4 is 0 Å². The summed E-state index contributed by atoms with van der Waals surface area (Å²) in [6, 6.07) is 4.66. The molecule has 0 amide bonds. The fourth-order valence-corrected chi connectivity index (χ4v) is 1.01. The maximum atomic E-state index is 12.9. The van der Waals surface area contributed by atoms with E-state index in [1.807, 2.05) is 25.1 Å². The summed E-state index contributed by atoms with van der Waals surface area (Å²) in [5.41, 5.74) is 0.478. The van der Waals surface area contributed by atoms with Crippen LogP contribution >= 0.6 is 0 Å². The summed E-state index contributed by atoms with van der Waals surface area (Å²) in [5, 5.41) is 0. The van der Waals surface area contributed by atoms with E-state index < -0.39 is 11.6 Å². The molecule has 0 unspecified atom stereocenters. The quantitative estimate of drug-likeness (QED) is 0.424. The van der Waals surface area contributed by atoms with Crippen LogP contribution in [0.4, 0.5) is 8.78 Å². The Morgan fingerprint density at radius 1 is 1.29 bits per heavy atom. The van der Waals surface area contributed by atoms with Crippen molar-refractivity contribution in [2.45, 2.75) is 19.8 Å². The summed E-state index contributed by atoms with van der Waals surface area (Å²) >= 11 is 0. The van der Waals surface area contributed by atoms with Crippen molar-refractivity contribution < 1.29 is 30.5 Å². The molecule has 1 rings (SSSR count). The number of halogens is 2. The monoisotopic (exact) mass is 229 g/mol. The first kappa shape index (κ1) is 13.5. The summed E-state index contributed by atoms with van der Waals surface area (Å²) in [7, 11) is 0. The predicted molar refractivity (Wildman–Crippen MR) is 48.3 cm³/mol. The van der Waals surface area contributed by atoms with Crippen molar-refractivity contribution in [1.82, 2.24) is 0 Å².